The first-order chi connectivity index (χ1) is 12.2. The molecule has 0 saturated heterocycles. The highest BCUT2D eigenvalue weighted by Crippen LogP contribution is 2.37. The zero-order chi connectivity index (χ0) is 19.1. The van der Waals surface area contributed by atoms with Crippen molar-refractivity contribution in [2.75, 3.05) is 0 Å². The van der Waals surface area contributed by atoms with E-state index in [0.29, 0.717) is 16.5 Å². The standard InChI is InChI=1S/C16H15N5O4S/c1-8-2-4-12(13(6-8)26(18,24)25)20-21-14-10-7-9(15(17)22)3-5-11(10)19-16(14)23/h2-7,19,23H,1H3,(H2,17,22)(H2,18,24,25). The average molecular weight is 373 g/mol. The molecule has 1 heterocycles. The van der Waals surface area contributed by atoms with Crippen molar-refractivity contribution in [2.24, 2.45) is 21.1 Å². The number of nitrogens with zero attached hydrogens (tertiary/aromatic N) is 2. The van der Waals surface area contributed by atoms with Gasteiger partial charge in [-0.15, -0.1) is 10.2 Å². The second kappa shape index (κ2) is 6.24. The van der Waals surface area contributed by atoms with E-state index < -0.39 is 15.9 Å². The van der Waals surface area contributed by atoms with Gasteiger partial charge in [-0.2, -0.15) is 0 Å². The number of aryl methyl sites for hydroxylation is 1. The highest BCUT2D eigenvalue weighted by atomic mass is 32.2. The summed E-state index contributed by atoms with van der Waals surface area (Å²) in [5.74, 6) is -0.917. The molecule has 6 N–H and O–H groups in total. The summed E-state index contributed by atoms with van der Waals surface area (Å²) in [5.41, 5.74) is 6.76. The molecule has 26 heavy (non-hydrogen) atoms. The number of benzene rings is 2. The Balaban J connectivity index is 2.14. The average Bonchev–Trinajstić information content (AvgIpc) is 2.87. The normalized spacial score (nSPS) is 12.1. The number of aromatic hydroxyl groups is 1. The number of nitrogens with one attached hydrogen (secondary N) is 1. The Hall–Kier alpha value is -3.24. The third-order valence-electron chi connectivity index (χ3n) is 3.72. The fourth-order valence-corrected chi connectivity index (χ4v) is 3.20. The zero-order valence-corrected chi connectivity index (χ0v) is 14.4. The van der Waals surface area contributed by atoms with Crippen LogP contribution in [-0.2, 0) is 10.0 Å². The number of hydrogen-bond donors (Lipinski definition) is 4. The van der Waals surface area contributed by atoms with Crippen LogP contribution < -0.4 is 10.9 Å². The lowest BCUT2D eigenvalue weighted by atomic mass is 10.1. The summed E-state index contributed by atoms with van der Waals surface area (Å²) in [6, 6.07) is 9.01. The van der Waals surface area contributed by atoms with E-state index in [4.69, 9.17) is 10.9 Å². The Morgan fingerprint density at radius 3 is 2.54 bits per heavy atom. The number of fused-ring (bicyclic) bond motifs is 1. The summed E-state index contributed by atoms with van der Waals surface area (Å²) in [5, 5.41) is 23.5. The minimum absolute atomic E-state index is 0.0258. The number of amides is 1. The number of azo groups is 1. The highest BCUT2D eigenvalue weighted by molar-refractivity contribution is 7.89. The van der Waals surface area contributed by atoms with E-state index in [0.717, 1.165) is 0 Å². The van der Waals surface area contributed by atoms with Gasteiger partial charge in [0.2, 0.25) is 21.8 Å². The molecular weight excluding hydrogens is 358 g/mol. The number of H-pyrrole nitrogens is 1. The summed E-state index contributed by atoms with van der Waals surface area (Å²) >= 11 is 0. The summed E-state index contributed by atoms with van der Waals surface area (Å²) in [4.78, 5) is 13.9. The number of rotatable bonds is 4. The van der Waals surface area contributed by atoms with Crippen molar-refractivity contribution in [3.05, 3.63) is 47.5 Å². The lowest BCUT2D eigenvalue weighted by Gasteiger charge is -2.03. The Morgan fingerprint density at radius 1 is 1.15 bits per heavy atom. The third-order valence-corrected chi connectivity index (χ3v) is 4.66. The van der Waals surface area contributed by atoms with Crippen LogP contribution in [0, 0.1) is 6.92 Å². The number of nitrogens with two attached hydrogens (primary N) is 2. The van der Waals surface area contributed by atoms with E-state index in [2.05, 4.69) is 15.2 Å². The van der Waals surface area contributed by atoms with Gasteiger partial charge in [-0.3, -0.25) is 4.79 Å². The van der Waals surface area contributed by atoms with E-state index in [9.17, 15) is 18.3 Å². The molecule has 1 amide bonds. The Bertz CT molecular complexity index is 1160. The molecule has 0 bridgehead atoms. The second-order valence-corrected chi connectivity index (χ2v) is 7.19. The van der Waals surface area contributed by atoms with Crippen molar-refractivity contribution in [1.82, 2.24) is 4.98 Å². The monoisotopic (exact) mass is 373 g/mol. The largest absolute Gasteiger partial charge is 0.493 e. The van der Waals surface area contributed by atoms with Gasteiger partial charge in [0, 0.05) is 10.9 Å². The van der Waals surface area contributed by atoms with Gasteiger partial charge in [-0.25, -0.2) is 13.6 Å². The molecule has 0 radical (unpaired) electrons. The maximum Gasteiger partial charge on any atom is 0.248 e. The fraction of sp³-hybridized carbons (Fsp3) is 0.0625. The molecule has 0 aliphatic carbocycles. The van der Waals surface area contributed by atoms with E-state index in [1.807, 2.05) is 0 Å². The van der Waals surface area contributed by atoms with Gasteiger partial charge in [0.1, 0.15) is 10.6 Å². The third kappa shape index (κ3) is 3.27. The number of hydrogen-bond acceptors (Lipinski definition) is 6. The molecule has 0 saturated carbocycles. The van der Waals surface area contributed by atoms with Gasteiger partial charge in [-0.1, -0.05) is 6.07 Å². The predicted octanol–water partition coefficient (Wildman–Crippen LogP) is 2.34. The topological polar surface area (TPSA) is 164 Å². The first-order valence-corrected chi connectivity index (χ1v) is 8.91. The number of primary sulfonamides is 1. The first-order valence-electron chi connectivity index (χ1n) is 7.36. The first kappa shape index (κ1) is 17.6. The highest BCUT2D eigenvalue weighted by Gasteiger charge is 2.16. The number of aromatic amines is 1. The number of aromatic nitrogens is 1. The van der Waals surface area contributed by atoms with Crippen molar-refractivity contribution in [2.45, 2.75) is 11.8 Å². The lowest BCUT2D eigenvalue weighted by Crippen LogP contribution is -2.12. The molecular formula is C16H15N5O4S. The van der Waals surface area contributed by atoms with Gasteiger partial charge in [0.25, 0.3) is 0 Å². The van der Waals surface area contributed by atoms with Gasteiger partial charge in [0.15, 0.2) is 5.69 Å². The van der Waals surface area contributed by atoms with Crippen molar-refractivity contribution >= 4 is 38.2 Å². The van der Waals surface area contributed by atoms with Gasteiger partial charge >= 0.3 is 0 Å². The molecule has 0 aliphatic heterocycles. The Kier molecular flexibility index (Phi) is 4.22. The number of primary amides is 1. The SMILES string of the molecule is Cc1ccc(N=Nc2c(O)[nH]c3ccc(C(N)=O)cc23)c(S(N)(=O)=O)c1. The Labute approximate surface area is 148 Å². The molecule has 0 spiro atoms. The molecule has 10 heteroatoms. The fourth-order valence-electron chi connectivity index (χ4n) is 2.45. The number of carbonyl (C=O) groups excluding carboxylic acids is 1. The second-order valence-electron chi connectivity index (χ2n) is 5.66. The number of sulfonamides is 1. The van der Waals surface area contributed by atoms with Crippen LogP contribution in [0.25, 0.3) is 10.9 Å². The predicted molar refractivity (Wildman–Crippen MR) is 95.2 cm³/mol. The van der Waals surface area contributed by atoms with Gasteiger partial charge in [-0.05, 0) is 42.8 Å². The zero-order valence-electron chi connectivity index (χ0n) is 13.6. The van der Waals surface area contributed by atoms with Crippen LogP contribution in [0.15, 0.2) is 51.5 Å². The molecule has 0 aliphatic rings. The maximum atomic E-state index is 11.7. The van der Waals surface area contributed by atoms with Crippen molar-refractivity contribution in [3.63, 3.8) is 0 Å². The van der Waals surface area contributed by atoms with Crippen LogP contribution in [0.5, 0.6) is 5.88 Å². The smallest absolute Gasteiger partial charge is 0.248 e. The molecule has 3 rings (SSSR count). The quantitative estimate of drug-likeness (QED) is 0.516. The van der Waals surface area contributed by atoms with E-state index in [1.165, 1.54) is 24.3 Å². The van der Waals surface area contributed by atoms with E-state index in [1.54, 1.807) is 19.1 Å². The minimum Gasteiger partial charge on any atom is -0.493 e. The molecule has 3 aromatic rings. The summed E-state index contributed by atoms with van der Waals surface area (Å²) in [7, 11) is -4.00. The number of carbonyl (C=O) groups is 1. The molecule has 0 unspecified atom stereocenters. The maximum absolute atomic E-state index is 11.7. The van der Waals surface area contributed by atoms with E-state index in [-0.39, 0.29) is 27.7 Å². The Morgan fingerprint density at radius 2 is 1.88 bits per heavy atom. The molecule has 2 aromatic carbocycles. The van der Waals surface area contributed by atoms with Crippen LogP contribution in [0.2, 0.25) is 0 Å². The molecule has 9 nitrogen and oxygen atoms in total. The van der Waals surface area contributed by atoms with Crippen LogP contribution in [0.3, 0.4) is 0 Å². The summed E-state index contributed by atoms with van der Waals surface area (Å²) in [6.45, 7) is 1.71. The van der Waals surface area contributed by atoms with Crippen molar-refractivity contribution in [3.8, 4) is 5.88 Å². The van der Waals surface area contributed by atoms with Crippen LogP contribution in [-0.4, -0.2) is 24.4 Å². The lowest BCUT2D eigenvalue weighted by molar-refractivity contribution is 0.100. The van der Waals surface area contributed by atoms with Crippen LogP contribution in [0.1, 0.15) is 15.9 Å². The summed E-state index contributed by atoms with van der Waals surface area (Å²) in [6.07, 6.45) is 0. The molecule has 134 valence electrons. The van der Waals surface area contributed by atoms with E-state index >= 15 is 0 Å². The molecule has 0 atom stereocenters. The minimum atomic E-state index is -4.00. The van der Waals surface area contributed by atoms with Crippen LogP contribution >= 0.6 is 0 Å². The van der Waals surface area contributed by atoms with Crippen LogP contribution in [0.4, 0.5) is 11.4 Å². The van der Waals surface area contributed by atoms with Crippen molar-refractivity contribution in [1.29, 1.82) is 0 Å². The van der Waals surface area contributed by atoms with Gasteiger partial charge in [0.05, 0.1) is 5.52 Å². The van der Waals surface area contributed by atoms with Crippen molar-refractivity contribution < 1.29 is 18.3 Å². The molecule has 1 aromatic heterocycles. The van der Waals surface area contributed by atoms with Gasteiger partial charge < -0.3 is 15.8 Å². The summed E-state index contributed by atoms with van der Waals surface area (Å²) < 4.78 is 23.5. The molecule has 0 fully saturated rings.